The maximum Gasteiger partial charge on any atom is 0.230 e. The van der Waals surface area contributed by atoms with E-state index in [0.717, 1.165) is 35.7 Å². The predicted octanol–water partition coefficient (Wildman–Crippen LogP) is 4.13. The highest BCUT2D eigenvalue weighted by Crippen LogP contribution is 2.34. The molecule has 1 aromatic heterocycles. The number of nitrogens with zero attached hydrogens (tertiary/aromatic N) is 4. The number of morpholine rings is 1. The fourth-order valence-corrected chi connectivity index (χ4v) is 4.00. The minimum atomic E-state index is -0.352. The van der Waals surface area contributed by atoms with Gasteiger partial charge in [-0.1, -0.05) is 67.9 Å². The Morgan fingerprint density at radius 3 is 2.37 bits per heavy atom. The highest BCUT2D eigenvalue weighted by molar-refractivity contribution is 6.33. The number of nitrogen functional groups attached to an aromatic ring is 1. The fraction of sp³-hybridized carbons (Fsp3) is 0.348. The highest BCUT2D eigenvalue weighted by Gasteiger charge is 2.28. The Morgan fingerprint density at radius 1 is 0.967 bits per heavy atom. The molecule has 156 valence electrons. The van der Waals surface area contributed by atoms with E-state index in [1.165, 1.54) is 5.56 Å². The molecule has 0 unspecified atom stereocenters. The molecule has 6 nitrogen and oxygen atoms in total. The zero-order valence-corrected chi connectivity index (χ0v) is 18.1. The topological polar surface area (TPSA) is 77.2 Å². The van der Waals surface area contributed by atoms with Crippen molar-refractivity contribution in [3.05, 3.63) is 64.9 Å². The summed E-state index contributed by atoms with van der Waals surface area (Å²) >= 11 is 6.48. The summed E-state index contributed by atoms with van der Waals surface area (Å²) < 4.78 is 5.44. The van der Waals surface area contributed by atoms with Crippen molar-refractivity contribution in [3.8, 4) is 11.1 Å². The number of rotatable bonds is 5. The molecule has 0 radical (unpaired) electrons. The first kappa shape index (κ1) is 20.6. The van der Waals surface area contributed by atoms with E-state index in [4.69, 9.17) is 27.1 Å². The van der Waals surface area contributed by atoms with Gasteiger partial charge in [-0.25, -0.2) is 0 Å². The van der Waals surface area contributed by atoms with Crippen molar-refractivity contribution in [3.63, 3.8) is 0 Å². The lowest BCUT2D eigenvalue weighted by molar-refractivity contribution is 0.122. The van der Waals surface area contributed by atoms with Gasteiger partial charge in [0.15, 0.2) is 0 Å². The maximum atomic E-state index is 6.48. The van der Waals surface area contributed by atoms with Crippen molar-refractivity contribution in [2.24, 2.45) is 0 Å². The number of ether oxygens (including phenoxy) is 1. The molecule has 7 heteroatoms. The third-order valence-electron chi connectivity index (χ3n) is 5.35. The zero-order chi connectivity index (χ0) is 21.1. The fourth-order valence-electron chi connectivity index (χ4n) is 3.76. The monoisotopic (exact) mass is 423 g/mol. The van der Waals surface area contributed by atoms with Crippen LogP contribution in [0.15, 0.2) is 48.5 Å². The molecule has 3 aromatic rings. The van der Waals surface area contributed by atoms with Gasteiger partial charge in [0.05, 0.1) is 13.2 Å². The lowest BCUT2D eigenvalue weighted by Crippen LogP contribution is -2.38. The Balaban J connectivity index is 1.67. The van der Waals surface area contributed by atoms with Crippen LogP contribution in [0.2, 0.25) is 5.02 Å². The lowest BCUT2D eigenvalue weighted by Gasteiger charge is -2.29. The third-order valence-corrected chi connectivity index (χ3v) is 5.68. The molecule has 0 spiro atoms. The smallest absolute Gasteiger partial charge is 0.230 e. The average molecular weight is 424 g/mol. The number of halogens is 1. The number of nitrogens with two attached hydrogens (primary N) is 1. The van der Waals surface area contributed by atoms with Gasteiger partial charge in [-0.15, -0.1) is 0 Å². The second-order valence-corrected chi connectivity index (χ2v) is 8.52. The molecular weight excluding hydrogens is 398 g/mol. The second kappa shape index (κ2) is 8.58. The zero-order valence-electron chi connectivity index (χ0n) is 17.3. The molecule has 1 fully saturated rings. The summed E-state index contributed by atoms with van der Waals surface area (Å²) in [6.07, 6.45) is 0.737. The van der Waals surface area contributed by atoms with Crippen LogP contribution in [0.3, 0.4) is 0 Å². The first-order chi connectivity index (χ1) is 14.4. The van der Waals surface area contributed by atoms with Crippen molar-refractivity contribution in [2.75, 3.05) is 36.9 Å². The molecule has 1 aliphatic rings. The van der Waals surface area contributed by atoms with Gasteiger partial charge in [-0.2, -0.15) is 15.0 Å². The van der Waals surface area contributed by atoms with E-state index in [9.17, 15) is 0 Å². The molecule has 0 bridgehead atoms. The summed E-state index contributed by atoms with van der Waals surface area (Å²) in [5.74, 6) is 1.55. The van der Waals surface area contributed by atoms with Crippen LogP contribution in [0.5, 0.6) is 0 Å². The standard InChI is InChI=1S/C23H26ClN5O/c1-23(2,20-26-21(25)28-22(27-20)29-11-13-30-14-12-29)15-16-7-3-4-8-17(16)18-9-5-6-10-19(18)24/h3-10H,11-15H2,1-2H3,(H2,25,26,27,28). The van der Waals surface area contributed by atoms with Gasteiger partial charge in [0, 0.05) is 29.1 Å². The molecule has 0 atom stereocenters. The summed E-state index contributed by atoms with van der Waals surface area (Å²) in [5.41, 5.74) is 9.03. The van der Waals surface area contributed by atoms with Crippen molar-refractivity contribution in [1.29, 1.82) is 0 Å². The largest absolute Gasteiger partial charge is 0.378 e. The van der Waals surface area contributed by atoms with Crippen molar-refractivity contribution in [2.45, 2.75) is 25.7 Å². The first-order valence-corrected chi connectivity index (χ1v) is 10.5. The van der Waals surface area contributed by atoms with Crippen LogP contribution in [0.25, 0.3) is 11.1 Å². The first-order valence-electron chi connectivity index (χ1n) is 10.1. The Bertz CT molecular complexity index is 1030. The van der Waals surface area contributed by atoms with Crippen LogP contribution >= 0.6 is 11.6 Å². The number of benzene rings is 2. The van der Waals surface area contributed by atoms with Crippen LogP contribution in [-0.4, -0.2) is 41.3 Å². The molecule has 0 amide bonds. The molecule has 1 saturated heterocycles. The van der Waals surface area contributed by atoms with Crippen LogP contribution in [0.1, 0.15) is 25.2 Å². The molecule has 30 heavy (non-hydrogen) atoms. The molecular formula is C23H26ClN5O. The molecule has 4 rings (SSSR count). The van der Waals surface area contributed by atoms with Gasteiger partial charge in [-0.3, -0.25) is 0 Å². The Morgan fingerprint density at radius 2 is 1.63 bits per heavy atom. The normalized spacial score (nSPS) is 14.7. The van der Waals surface area contributed by atoms with E-state index < -0.39 is 0 Å². The van der Waals surface area contributed by atoms with Gasteiger partial charge in [0.1, 0.15) is 5.82 Å². The van der Waals surface area contributed by atoms with E-state index in [1.807, 2.05) is 36.4 Å². The average Bonchev–Trinajstić information content (AvgIpc) is 2.75. The maximum absolute atomic E-state index is 6.48. The Kier molecular flexibility index (Phi) is 5.88. The van der Waals surface area contributed by atoms with Crippen LogP contribution in [0.4, 0.5) is 11.9 Å². The van der Waals surface area contributed by atoms with Gasteiger partial charge < -0.3 is 15.4 Å². The lowest BCUT2D eigenvalue weighted by atomic mass is 9.82. The van der Waals surface area contributed by atoms with Gasteiger partial charge in [0.2, 0.25) is 11.9 Å². The van der Waals surface area contributed by atoms with Crippen molar-refractivity contribution in [1.82, 2.24) is 15.0 Å². The summed E-state index contributed by atoms with van der Waals surface area (Å²) in [6.45, 7) is 7.09. The number of aromatic nitrogens is 3. The van der Waals surface area contributed by atoms with E-state index in [2.05, 4.69) is 40.8 Å². The SMILES string of the molecule is CC(C)(Cc1ccccc1-c1ccccc1Cl)c1nc(N)nc(N2CCOCC2)n1. The van der Waals surface area contributed by atoms with Crippen LogP contribution in [-0.2, 0) is 16.6 Å². The summed E-state index contributed by atoms with van der Waals surface area (Å²) in [6, 6.07) is 16.2. The summed E-state index contributed by atoms with van der Waals surface area (Å²) in [7, 11) is 0. The third kappa shape index (κ3) is 4.40. The van der Waals surface area contributed by atoms with Gasteiger partial charge in [0.25, 0.3) is 0 Å². The second-order valence-electron chi connectivity index (χ2n) is 8.11. The molecule has 2 N–H and O–H groups in total. The van der Waals surface area contributed by atoms with Crippen LogP contribution < -0.4 is 10.6 Å². The molecule has 1 aliphatic heterocycles. The van der Waals surface area contributed by atoms with Gasteiger partial charge in [-0.05, 0) is 23.6 Å². The Labute approximate surface area is 182 Å². The highest BCUT2D eigenvalue weighted by atomic mass is 35.5. The van der Waals surface area contributed by atoms with E-state index in [0.29, 0.717) is 25.0 Å². The summed E-state index contributed by atoms with van der Waals surface area (Å²) in [4.78, 5) is 15.7. The quantitative estimate of drug-likeness (QED) is 0.664. The molecule has 2 heterocycles. The number of hydrogen-bond donors (Lipinski definition) is 1. The summed E-state index contributed by atoms with van der Waals surface area (Å²) in [5, 5.41) is 0.738. The molecule has 0 saturated carbocycles. The van der Waals surface area contributed by atoms with E-state index in [1.54, 1.807) is 0 Å². The predicted molar refractivity (Wildman–Crippen MR) is 121 cm³/mol. The van der Waals surface area contributed by atoms with Gasteiger partial charge >= 0.3 is 0 Å². The van der Waals surface area contributed by atoms with Crippen molar-refractivity contribution < 1.29 is 4.74 Å². The number of hydrogen-bond acceptors (Lipinski definition) is 6. The number of anilines is 2. The van der Waals surface area contributed by atoms with Crippen molar-refractivity contribution >= 4 is 23.5 Å². The van der Waals surface area contributed by atoms with E-state index >= 15 is 0 Å². The van der Waals surface area contributed by atoms with E-state index in [-0.39, 0.29) is 11.4 Å². The minimum Gasteiger partial charge on any atom is -0.378 e. The molecule has 0 aliphatic carbocycles. The van der Waals surface area contributed by atoms with Crippen LogP contribution in [0, 0.1) is 0 Å². The molecule has 2 aromatic carbocycles. The minimum absolute atomic E-state index is 0.244. The Hall–Kier alpha value is -2.70.